The lowest BCUT2D eigenvalue weighted by molar-refractivity contribution is -0.153. The topological polar surface area (TPSA) is 78.8 Å². The van der Waals surface area contributed by atoms with Gasteiger partial charge in [0.05, 0.1) is 23.2 Å². The zero-order chi connectivity index (χ0) is 23.7. The lowest BCUT2D eigenvalue weighted by Crippen LogP contribution is -2.45. The molecular weight excluding hydrogens is 445 g/mol. The van der Waals surface area contributed by atoms with Crippen LogP contribution in [0.25, 0.3) is 28.4 Å². The van der Waals surface area contributed by atoms with Gasteiger partial charge in [-0.3, -0.25) is 0 Å². The molecule has 5 heterocycles. The fraction of sp³-hybridized carbons (Fsp3) is 0.391. The second-order valence-electron chi connectivity index (χ2n) is 8.61. The number of imidazole rings is 1. The molecule has 0 aliphatic carbocycles. The predicted molar refractivity (Wildman–Crippen MR) is 122 cm³/mol. The molecule has 11 heteroatoms. The average Bonchev–Trinajstić information content (AvgIpc) is 3.47. The Morgan fingerprint density at radius 3 is 2.59 bits per heavy atom. The zero-order valence-corrected chi connectivity index (χ0v) is 18.7. The monoisotopic (exact) mass is 470 g/mol. The summed E-state index contributed by atoms with van der Waals surface area (Å²) in [5.41, 5.74) is 2.30. The van der Waals surface area contributed by atoms with Gasteiger partial charge < -0.3 is 14.8 Å². The fourth-order valence-corrected chi connectivity index (χ4v) is 4.19. The second-order valence-corrected chi connectivity index (χ2v) is 8.61. The van der Waals surface area contributed by atoms with Crippen molar-refractivity contribution in [3.05, 3.63) is 54.6 Å². The van der Waals surface area contributed by atoms with Crippen molar-refractivity contribution in [2.45, 2.75) is 18.5 Å². The van der Waals surface area contributed by atoms with Crippen LogP contribution in [0.15, 0.2) is 49.1 Å². The minimum atomic E-state index is -4.33. The SMILES string of the molecule is CN1CCN(CCC(c2ccc(-n3cc(-c4nc5ncccc5[nH]4)cn3)nc2)C(F)(F)F)CC1. The van der Waals surface area contributed by atoms with Crippen LogP contribution in [-0.4, -0.2) is 85.5 Å². The smallest absolute Gasteiger partial charge is 0.336 e. The number of hydrogen-bond acceptors (Lipinski definition) is 6. The second kappa shape index (κ2) is 9.15. The molecule has 0 amide bonds. The fourth-order valence-electron chi connectivity index (χ4n) is 4.19. The Labute approximate surface area is 194 Å². The third-order valence-corrected chi connectivity index (χ3v) is 6.25. The van der Waals surface area contributed by atoms with Crippen molar-refractivity contribution >= 4 is 11.2 Å². The van der Waals surface area contributed by atoms with Crippen LogP contribution in [0.2, 0.25) is 0 Å². The summed E-state index contributed by atoms with van der Waals surface area (Å²) < 4.78 is 43.0. The summed E-state index contributed by atoms with van der Waals surface area (Å²) in [7, 11) is 2.03. The van der Waals surface area contributed by atoms with Gasteiger partial charge in [0, 0.05) is 44.8 Å². The quantitative estimate of drug-likeness (QED) is 0.465. The maximum absolute atomic E-state index is 13.8. The van der Waals surface area contributed by atoms with Gasteiger partial charge in [-0.15, -0.1) is 0 Å². The highest BCUT2D eigenvalue weighted by molar-refractivity contribution is 5.75. The third-order valence-electron chi connectivity index (χ3n) is 6.25. The summed E-state index contributed by atoms with van der Waals surface area (Å²) in [5.74, 6) is -0.508. The molecule has 5 rings (SSSR count). The van der Waals surface area contributed by atoms with Crippen molar-refractivity contribution < 1.29 is 13.2 Å². The van der Waals surface area contributed by atoms with Crippen molar-refractivity contribution in [3.8, 4) is 17.2 Å². The van der Waals surface area contributed by atoms with Gasteiger partial charge in [0.2, 0.25) is 0 Å². The minimum absolute atomic E-state index is 0.0141. The number of likely N-dealkylation sites (N-methyl/N-ethyl adjacent to an activating group) is 1. The highest BCUT2D eigenvalue weighted by Gasteiger charge is 2.40. The van der Waals surface area contributed by atoms with E-state index < -0.39 is 12.1 Å². The van der Waals surface area contributed by atoms with E-state index in [-0.39, 0.29) is 12.0 Å². The molecule has 0 radical (unpaired) electrons. The summed E-state index contributed by atoms with van der Waals surface area (Å²) in [6.45, 7) is 3.75. The van der Waals surface area contributed by atoms with Gasteiger partial charge in [0.15, 0.2) is 11.5 Å². The van der Waals surface area contributed by atoms with E-state index in [9.17, 15) is 13.2 Å². The molecule has 178 valence electrons. The number of aromatic nitrogens is 6. The van der Waals surface area contributed by atoms with Gasteiger partial charge in [-0.1, -0.05) is 6.07 Å². The lowest BCUT2D eigenvalue weighted by atomic mass is 9.96. The number of pyridine rings is 2. The molecule has 1 atom stereocenters. The molecule has 0 aromatic carbocycles. The number of aromatic amines is 1. The van der Waals surface area contributed by atoms with E-state index >= 15 is 0 Å². The Morgan fingerprint density at radius 2 is 1.88 bits per heavy atom. The van der Waals surface area contributed by atoms with Gasteiger partial charge in [0.1, 0.15) is 5.82 Å². The molecule has 1 fully saturated rings. The number of H-pyrrole nitrogens is 1. The molecular formula is C23H25F3N8. The first-order valence-corrected chi connectivity index (χ1v) is 11.2. The van der Waals surface area contributed by atoms with E-state index in [1.165, 1.54) is 16.9 Å². The van der Waals surface area contributed by atoms with Crippen molar-refractivity contribution in [2.24, 2.45) is 0 Å². The minimum Gasteiger partial charge on any atom is -0.336 e. The largest absolute Gasteiger partial charge is 0.395 e. The van der Waals surface area contributed by atoms with Crippen LogP contribution in [0.4, 0.5) is 13.2 Å². The normalized spacial score (nSPS) is 16.8. The average molecular weight is 471 g/mol. The molecule has 0 spiro atoms. The van der Waals surface area contributed by atoms with E-state index in [2.05, 4.69) is 34.8 Å². The molecule has 1 aliphatic rings. The van der Waals surface area contributed by atoms with Crippen LogP contribution in [0.3, 0.4) is 0 Å². The first-order chi connectivity index (χ1) is 16.4. The van der Waals surface area contributed by atoms with Crippen LogP contribution in [0.5, 0.6) is 0 Å². The first kappa shape index (κ1) is 22.5. The van der Waals surface area contributed by atoms with Crippen molar-refractivity contribution in [2.75, 3.05) is 39.8 Å². The van der Waals surface area contributed by atoms with Gasteiger partial charge in [-0.2, -0.15) is 18.3 Å². The molecule has 1 aliphatic heterocycles. The maximum atomic E-state index is 13.8. The first-order valence-electron chi connectivity index (χ1n) is 11.2. The molecule has 4 aromatic heterocycles. The van der Waals surface area contributed by atoms with Crippen LogP contribution in [0, 0.1) is 0 Å². The highest BCUT2D eigenvalue weighted by Crippen LogP contribution is 2.37. The Morgan fingerprint density at radius 1 is 1.06 bits per heavy atom. The van der Waals surface area contributed by atoms with Gasteiger partial charge in [0.25, 0.3) is 0 Å². The molecule has 1 N–H and O–H groups in total. The summed E-state index contributed by atoms with van der Waals surface area (Å²) in [6, 6.07) is 6.76. The number of piperazine rings is 1. The predicted octanol–water partition coefficient (Wildman–Crippen LogP) is 3.49. The van der Waals surface area contributed by atoms with Crippen LogP contribution in [0.1, 0.15) is 17.9 Å². The summed E-state index contributed by atoms with van der Waals surface area (Å²) >= 11 is 0. The summed E-state index contributed by atoms with van der Waals surface area (Å²) in [6.07, 6.45) is 2.02. The van der Waals surface area contributed by atoms with E-state index in [0.717, 1.165) is 37.3 Å². The molecule has 4 aromatic rings. The molecule has 0 saturated carbocycles. The third kappa shape index (κ3) is 4.80. The number of nitrogens with zero attached hydrogens (tertiary/aromatic N) is 7. The number of hydrogen-bond donors (Lipinski definition) is 1. The summed E-state index contributed by atoms with van der Waals surface area (Å²) in [4.78, 5) is 20.4. The molecule has 8 nitrogen and oxygen atoms in total. The molecule has 1 unspecified atom stereocenters. The Balaban J connectivity index is 1.30. The van der Waals surface area contributed by atoms with E-state index in [4.69, 9.17) is 0 Å². The Kier molecular flexibility index (Phi) is 6.05. The maximum Gasteiger partial charge on any atom is 0.395 e. The number of alkyl halides is 3. The molecule has 34 heavy (non-hydrogen) atoms. The molecule has 0 bridgehead atoms. The number of halogens is 3. The van der Waals surface area contributed by atoms with E-state index in [1.807, 2.05) is 19.2 Å². The van der Waals surface area contributed by atoms with Gasteiger partial charge >= 0.3 is 6.18 Å². The summed E-state index contributed by atoms with van der Waals surface area (Å²) in [5, 5.41) is 4.30. The lowest BCUT2D eigenvalue weighted by Gasteiger charge is -2.33. The van der Waals surface area contributed by atoms with Crippen LogP contribution < -0.4 is 0 Å². The van der Waals surface area contributed by atoms with Crippen LogP contribution in [-0.2, 0) is 0 Å². The van der Waals surface area contributed by atoms with Gasteiger partial charge in [-0.25, -0.2) is 19.6 Å². The number of rotatable bonds is 6. The number of nitrogens with one attached hydrogen (secondary N) is 1. The number of fused-ring (bicyclic) bond motifs is 1. The van der Waals surface area contributed by atoms with Gasteiger partial charge in [-0.05, 0) is 43.8 Å². The van der Waals surface area contributed by atoms with Crippen molar-refractivity contribution in [3.63, 3.8) is 0 Å². The molecule has 1 saturated heterocycles. The standard InChI is InChI=1S/C23H25F3N8/c1-32-9-11-33(12-10-32)8-6-18(23(24,25)26)16-4-5-20(28-13-16)34-15-17(14-29-34)21-30-19-3-2-7-27-22(19)31-21/h2-5,7,13-15,18H,6,8-12H2,1H3,(H,27,30,31). The Bertz CT molecular complexity index is 1210. The Hall–Kier alpha value is -3.31. The zero-order valence-electron chi connectivity index (χ0n) is 18.7. The van der Waals surface area contributed by atoms with E-state index in [1.54, 1.807) is 24.7 Å². The van der Waals surface area contributed by atoms with Crippen molar-refractivity contribution in [1.82, 2.24) is 39.5 Å². The van der Waals surface area contributed by atoms with E-state index in [0.29, 0.717) is 23.8 Å². The van der Waals surface area contributed by atoms with Crippen molar-refractivity contribution in [1.29, 1.82) is 0 Å². The highest BCUT2D eigenvalue weighted by atomic mass is 19.4. The van der Waals surface area contributed by atoms with Crippen LogP contribution >= 0.6 is 0 Å².